The zero-order valence-electron chi connectivity index (χ0n) is 19.3. The molecule has 0 atom stereocenters. The molecule has 4 rings (SSSR count). The maximum Gasteiger partial charge on any atom is 0.280 e. The van der Waals surface area contributed by atoms with Crippen LogP contribution in [0.5, 0.6) is 11.5 Å². The maximum absolute atomic E-state index is 14.2. The average Bonchev–Trinajstić information content (AvgIpc) is 3.13. The molecule has 3 aromatic carbocycles. The molecule has 5 nitrogen and oxygen atoms in total. The van der Waals surface area contributed by atoms with Gasteiger partial charge in [0, 0.05) is 0 Å². The Bertz CT molecular complexity index is 1410. The van der Waals surface area contributed by atoms with E-state index in [1.807, 2.05) is 31.2 Å². The summed E-state index contributed by atoms with van der Waals surface area (Å²) in [6, 6.07) is 12.6. The number of methoxy groups -OCH3 is 1. The van der Waals surface area contributed by atoms with Crippen molar-refractivity contribution < 1.29 is 36.2 Å². The molecular weight excluding hydrogens is 483 g/mol. The highest BCUT2D eigenvalue weighted by molar-refractivity contribution is 6.32. The van der Waals surface area contributed by atoms with Gasteiger partial charge in [-0.1, -0.05) is 35.9 Å². The number of ether oxygens (including phenoxy) is 2. The number of amides is 1. The van der Waals surface area contributed by atoms with Gasteiger partial charge < -0.3 is 9.47 Å². The fourth-order valence-electron chi connectivity index (χ4n) is 3.64. The first-order valence-corrected chi connectivity index (χ1v) is 10.6. The van der Waals surface area contributed by atoms with E-state index in [1.54, 1.807) is 18.2 Å². The molecule has 0 bridgehead atoms. The molecule has 0 aliphatic carbocycles. The molecule has 0 unspecified atom stereocenters. The zero-order chi connectivity index (χ0) is 26.1. The summed E-state index contributed by atoms with van der Waals surface area (Å²) in [5.41, 5.74) is 0.962. The minimum Gasteiger partial charge on any atom is -0.493 e. The summed E-state index contributed by atoms with van der Waals surface area (Å²) >= 11 is 0. The van der Waals surface area contributed by atoms with Gasteiger partial charge in [0.15, 0.2) is 34.8 Å². The van der Waals surface area contributed by atoms with Crippen LogP contribution in [-0.2, 0) is 11.4 Å². The molecule has 1 amide bonds. The van der Waals surface area contributed by atoms with Crippen LogP contribution in [0, 0.1) is 36.0 Å². The van der Waals surface area contributed by atoms with E-state index in [1.165, 1.54) is 20.1 Å². The summed E-state index contributed by atoms with van der Waals surface area (Å²) in [6.07, 6.45) is 1.36. The Labute approximate surface area is 203 Å². The molecule has 1 aliphatic rings. The quantitative estimate of drug-likeness (QED) is 0.178. The second-order valence-electron chi connectivity index (χ2n) is 7.97. The minimum atomic E-state index is -2.33. The summed E-state index contributed by atoms with van der Waals surface area (Å²) in [6.45, 7) is 3.63. The van der Waals surface area contributed by atoms with Crippen LogP contribution < -0.4 is 14.5 Å². The van der Waals surface area contributed by atoms with E-state index >= 15 is 0 Å². The smallest absolute Gasteiger partial charge is 0.280 e. The molecule has 1 aliphatic heterocycles. The van der Waals surface area contributed by atoms with Crippen molar-refractivity contribution in [3.05, 3.63) is 93.8 Å². The van der Waals surface area contributed by atoms with Gasteiger partial charge in [-0.05, 0) is 43.2 Å². The van der Waals surface area contributed by atoms with Crippen LogP contribution in [0.1, 0.15) is 23.6 Å². The Morgan fingerprint density at radius 2 is 1.56 bits per heavy atom. The summed E-state index contributed by atoms with van der Waals surface area (Å²) in [5.74, 6) is -11.3. The van der Waals surface area contributed by atoms with E-state index in [-0.39, 0.29) is 16.3 Å². The topological polar surface area (TPSA) is 51.1 Å². The molecule has 0 aromatic heterocycles. The van der Waals surface area contributed by atoms with Gasteiger partial charge in [-0.3, -0.25) is 4.79 Å². The lowest BCUT2D eigenvalue weighted by molar-refractivity contribution is -0.114. The van der Waals surface area contributed by atoms with Crippen molar-refractivity contribution in [2.75, 3.05) is 12.1 Å². The molecule has 3 aromatic rings. The minimum absolute atomic E-state index is 0.0164. The molecular formula is C26H19F5N2O3. The normalized spacial score (nSPS) is 14.4. The van der Waals surface area contributed by atoms with E-state index in [4.69, 9.17) is 9.47 Å². The molecule has 10 heteroatoms. The number of rotatable bonds is 6. The number of aryl methyl sites for hydroxylation is 1. The van der Waals surface area contributed by atoms with E-state index in [9.17, 15) is 26.7 Å². The van der Waals surface area contributed by atoms with Crippen molar-refractivity contribution in [1.82, 2.24) is 0 Å². The van der Waals surface area contributed by atoms with Gasteiger partial charge >= 0.3 is 0 Å². The molecule has 0 radical (unpaired) electrons. The number of hydrazone groups is 1. The van der Waals surface area contributed by atoms with E-state index < -0.39 is 40.7 Å². The van der Waals surface area contributed by atoms with Crippen LogP contribution in [0.25, 0.3) is 6.08 Å². The van der Waals surface area contributed by atoms with E-state index in [0.717, 1.165) is 11.1 Å². The van der Waals surface area contributed by atoms with E-state index in [0.29, 0.717) is 23.7 Å². The third-order valence-electron chi connectivity index (χ3n) is 5.44. The van der Waals surface area contributed by atoms with Gasteiger partial charge in [0.1, 0.15) is 12.3 Å². The summed E-state index contributed by atoms with van der Waals surface area (Å²) in [7, 11) is 1.43. The predicted octanol–water partition coefficient (Wildman–Crippen LogP) is 6.08. The van der Waals surface area contributed by atoms with Crippen molar-refractivity contribution in [1.29, 1.82) is 0 Å². The first kappa shape index (κ1) is 24.9. The highest BCUT2D eigenvalue weighted by atomic mass is 19.2. The van der Waals surface area contributed by atoms with Gasteiger partial charge in [0.25, 0.3) is 5.91 Å². The number of halogens is 5. The highest BCUT2D eigenvalue weighted by Gasteiger charge is 2.37. The number of carbonyl (C=O) groups excluding carboxylic acids is 1. The SMILES string of the molecule is COc1cc(/C=C2/C(=O)N(c3c(F)c(F)c(F)c(F)c3F)N=C2C)ccc1OCc1cccc(C)c1. The van der Waals surface area contributed by atoms with Crippen LogP contribution >= 0.6 is 0 Å². The molecule has 0 saturated carbocycles. The second-order valence-corrected chi connectivity index (χ2v) is 7.97. The largest absolute Gasteiger partial charge is 0.493 e. The lowest BCUT2D eigenvalue weighted by Crippen LogP contribution is -2.25. The number of hydrogen-bond acceptors (Lipinski definition) is 4. The van der Waals surface area contributed by atoms with Crippen molar-refractivity contribution in [2.45, 2.75) is 20.5 Å². The van der Waals surface area contributed by atoms with Crippen LogP contribution in [0.3, 0.4) is 0 Å². The van der Waals surface area contributed by atoms with Gasteiger partial charge in [-0.15, -0.1) is 0 Å². The number of nitrogens with zero attached hydrogens (tertiary/aromatic N) is 2. The molecule has 0 fully saturated rings. The van der Waals surface area contributed by atoms with Crippen molar-refractivity contribution in [3.63, 3.8) is 0 Å². The van der Waals surface area contributed by atoms with E-state index in [2.05, 4.69) is 5.10 Å². The van der Waals surface area contributed by atoms with Crippen molar-refractivity contribution >= 4 is 23.4 Å². The lowest BCUT2D eigenvalue weighted by atomic mass is 10.1. The Hall–Kier alpha value is -4.21. The molecule has 0 saturated heterocycles. The fourth-order valence-corrected chi connectivity index (χ4v) is 3.64. The number of hydrogen-bond donors (Lipinski definition) is 0. The summed E-state index contributed by atoms with van der Waals surface area (Å²) < 4.78 is 80.4. The highest BCUT2D eigenvalue weighted by Crippen LogP contribution is 2.35. The second kappa shape index (κ2) is 9.80. The molecule has 1 heterocycles. The van der Waals surface area contributed by atoms with Gasteiger partial charge in [0.05, 0.1) is 18.4 Å². The third-order valence-corrected chi connectivity index (χ3v) is 5.44. The average molecular weight is 502 g/mol. The van der Waals surface area contributed by atoms with Gasteiger partial charge in [-0.25, -0.2) is 22.0 Å². The van der Waals surface area contributed by atoms with Crippen molar-refractivity contribution in [3.8, 4) is 11.5 Å². The van der Waals surface area contributed by atoms with Crippen LogP contribution in [-0.4, -0.2) is 18.7 Å². The zero-order valence-corrected chi connectivity index (χ0v) is 19.3. The van der Waals surface area contributed by atoms with Crippen molar-refractivity contribution in [2.24, 2.45) is 5.10 Å². The Kier molecular flexibility index (Phi) is 6.78. The molecule has 36 heavy (non-hydrogen) atoms. The Balaban J connectivity index is 1.62. The number of anilines is 1. The van der Waals surface area contributed by atoms with Crippen LogP contribution in [0.4, 0.5) is 27.6 Å². The standard InChI is InChI=1S/C26H19F5N2O3/c1-13-5-4-6-16(9-13)12-36-18-8-7-15(11-19(18)35-3)10-17-14(2)32-33(26(17)34)25-23(30)21(28)20(27)22(29)24(25)31/h4-11H,12H2,1-3H3/b17-10+. The Morgan fingerprint density at radius 3 is 2.19 bits per heavy atom. The molecule has 186 valence electrons. The molecule has 0 N–H and O–H groups in total. The molecule has 0 spiro atoms. The van der Waals surface area contributed by atoms with Crippen LogP contribution in [0.15, 0.2) is 53.1 Å². The lowest BCUT2D eigenvalue weighted by Gasteiger charge is -2.15. The summed E-state index contributed by atoms with van der Waals surface area (Å²) in [5, 5.41) is 3.88. The predicted molar refractivity (Wildman–Crippen MR) is 123 cm³/mol. The van der Waals surface area contributed by atoms with Crippen LogP contribution in [0.2, 0.25) is 0 Å². The number of benzene rings is 3. The third kappa shape index (κ3) is 4.53. The fraction of sp³-hybridized carbons (Fsp3) is 0.154. The summed E-state index contributed by atoms with van der Waals surface area (Å²) in [4.78, 5) is 12.9. The maximum atomic E-state index is 14.2. The first-order chi connectivity index (χ1) is 17.1. The number of carbonyl (C=O) groups is 1. The van der Waals surface area contributed by atoms with Gasteiger partial charge in [-0.2, -0.15) is 10.1 Å². The Morgan fingerprint density at radius 1 is 0.889 bits per heavy atom. The monoisotopic (exact) mass is 502 g/mol. The van der Waals surface area contributed by atoms with Gasteiger partial charge in [0.2, 0.25) is 5.82 Å². The first-order valence-electron chi connectivity index (χ1n) is 10.6.